The van der Waals surface area contributed by atoms with E-state index in [0.717, 1.165) is 18.2 Å². The lowest BCUT2D eigenvalue weighted by atomic mass is 10.2. The minimum atomic E-state index is -1.24. The second-order valence-electron chi connectivity index (χ2n) is 2.58. The summed E-state index contributed by atoms with van der Waals surface area (Å²) in [6, 6.07) is 2.14. The highest BCUT2D eigenvalue weighted by molar-refractivity contribution is 6.51. The van der Waals surface area contributed by atoms with Gasteiger partial charge in [0.25, 0.3) is 0 Å². The standard InChI is InChI=1S/C9H4Cl3FO2/c10-5-2-7(12)8(13)1-4(5)6(11)3-9(14)15/h1-3H,(H,14,15)/b6-3+. The molecule has 0 aromatic heterocycles. The highest BCUT2D eigenvalue weighted by Crippen LogP contribution is 2.31. The second kappa shape index (κ2) is 4.84. The third-order valence-corrected chi connectivity index (χ3v) is 2.43. The summed E-state index contributed by atoms with van der Waals surface area (Å²) < 4.78 is 13.0. The minimum absolute atomic E-state index is 0.0858. The van der Waals surface area contributed by atoms with Gasteiger partial charge in [-0.1, -0.05) is 34.8 Å². The van der Waals surface area contributed by atoms with Gasteiger partial charge in [0.2, 0.25) is 0 Å². The molecule has 0 bridgehead atoms. The smallest absolute Gasteiger partial charge is 0.329 e. The Labute approximate surface area is 99.9 Å². The number of carbonyl (C=O) groups is 1. The molecule has 1 N–H and O–H groups in total. The number of carboxylic acid groups (broad SMARTS) is 1. The summed E-state index contributed by atoms with van der Waals surface area (Å²) in [5.74, 6) is -1.96. The van der Waals surface area contributed by atoms with Crippen molar-refractivity contribution in [2.24, 2.45) is 0 Å². The first-order valence-corrected chi connectivity index (χ1v) is 4.80. The van der Waals surface area contributed by atoms with Crippen LogP contribution in [0.4, 0.5) is 4.39 Å². The Morgan fingerprint density at radius 3 is 2.47 bits per heavy atom. The van der Waals surface area contributed by atoms with Crippen molar-refractivity contribution < 1.29 is 14.3 Å². The van der Waals surface area contributed by atoms with Crippen molar-refractivity contribution >= 4 is 45.8 Å². The van der Waals surface area contributed by atoms with Gasteiger partial charge in [-0.2, -0.15) is 0 Å². The van der Waals surface area contributed by atoms with E-state index >= 15 is 0 Å². The van der Waals surface area contributed by atoms with Crippen LogP contribution in [0.15, 0.2) is 18.2 Å². The molecular formula is C9H4Cl3FO2. The molecule has 1 aromatic carbocycles. The Hall–Kier alpha value is -0.770. The van der Waals surface area contributed by atoms with Gasteiger partial charge in [-0.3, -0.25) is 0 Å². The van der Waals surface area contributed by atoms with Crippen LogP contribution >= 0.6 is 34.8 Å². The fourth-order valence-corrected chi connectivity index (χ4v) is 1.67. The van der Waals surface area contributed by atoms with Crippen molar-refractivity contribution in [2.75, 3.05) is 0 Å². The van der Waals surface area contributed by atoms with E-state index in [1.165, 1.54) is 0 Å². The Morgan fingerprint density at radius 1 is 1.33 bits per heavy atom. The molecule has 80 valence electrons. The first kappa shape index (κ1) is 12.3. The minimum Gasteiger partial charge on any atom is -0.478 e. The summed E-state index contributed by atoms with van der Waals surface area (Å²) in [6.45, 7) is 0. The lowest BCUT2D eigenvalue weighted by Gasteiger charge is -2.03. The van der Waals surface area contributed by atoms with Gasteiger partial charge < -0.3 is 5.11 Å². The lowest BCUT2D eigenvalue weighted by Crippen LogP contribution is -1.90. The average Bonchev–Trinajstić information content (AvgIpc) is 2.09. The predicted octanol–water partition coefficient (Wildman–Crippen LogP) is 3.80. The molecule has 2 nitrogen and oxygen atoms in total. The zero-order chi connectivity index (χ0) is 11.6. The first-order chi connectivity index (χ1) is 6.91. The van der Waals surface area contributed by atoms with Crippen LogP contribution in [0.5, 0.6) is 0 Å². The van der Waals surface area contributed by atoms with Crippen LogP contribution < -0.4 is 0 Å². The summed E-state index contributed by atoms with van der Waals surface area (Å²) in [4.78, 5) is 10.3. The van der Waals surface area contributed by atoms with Gasteiger partial charge in [0.1, 0.15) is 5.82 Å². The van der Waals surface area contributed by atoms with E-state index in [9.17, 15) is 9.18 Å². The number of benzene rings is 1. The Balaban J connectivity index is 3.26. The summed E-state index contributed by atoms with van der Waals surface area (Å²) in [6.07, 6.45) is 0.718. The van der Waals surface area contributed by atoms with Gasteiger partial charge >= 0.3 is 5.97 Å². The molecule has 1 aromatic rings. The highest BCUT2D eigenvalue weighted by Gasteiger charge is 2.10. The van der Waals surface area contributed by atoms with E-state index in [1.54, 1.807) is 0 Å². The van der Waals surface area contributed by atoms with E-state index in [1.807, 2.05) is 0 Å². The lowest BCUT2D eigenvalue weighted by molar-refractivity contribution is -0.131. The van der Waals surface area contributed by atoms with Crippen molar-refractivity contribution in [2.45, 2.75) is 0 Å². The summed E-state index contributed by atoms with van der Waals surface area (Å²) in [5.41, 5.74) is 0.0858. The monoisotopic (exact) mass is 268 g/mol. The van der Waals surface area contributed by atoms with Crippen molar-refractivity contribution in [3.8, 4) is 0 Å². The number of hydrogen-bond donors (Lipinski definition) is 1. The molecule has 15 heavy (non-hydrogen) atoms. The molecule has 0 heterocycles. The Bertz CT molecular complexity index is 443. The molecule has 0 radical (unpaired) electrons. The molecule has 0 spiro atoms. The quantitative estimate of drug-likeness (QED) is 0.655. The molecule has 0 saturated heterocycles. The fraction of sp³-hybridized carbons (Fsp3) is 0. The predicted molar refractivity (Wildman–Crippen MR) is 57.9 cm³/mol. The van der Waals surface area contributed by atoms with Crippen molar-refractivity contribution in [1.29, 1.82) is 0 Å². The zero-order valence-electron chi connectivity index (χ0n) is 7.10. The molecule has 1 rings (SSSR count). The molecule has 6 heteroatoms. The van der Waals surface area contributed by atoms with Crippen molar-refractivity contribution in [1.82, 2.24) is 0 Å². The maximum atomic E-state index is 13.0. The van der Waals surface area contributed by atoms with Crippen molar-refractivity contribution in [3.63, 3.8) is 0 Å². The van der Waals surface area contributed by atoms with Gasteiger partial charge in [0.05, 0.1) is 15.1 Å². The van der Waals surface area contributed by atoms with Gasteiger partial charge in [0.15, 0.2) is 0 Å². The molecule has 0 atom stereocenters. The highest BCUT2D eigenvalue weighted by atomic mass is 35.5. The Morgan fingerprint density at radius 2 is 1.93 bits per heavy atom. The number of carboxylic acids is 1. The number of aliphatic carboxylic acids is 1. The van der Waals surface area contributed by atoms with Crippen LogP contribution in [0.3, 0.4) is 0 Å². The number of hydrogen-bond acceptors (Lipinski definition) is 1. The van der Waals surface area contributed by atoms with Gasteiger partial charge in [-0.05, 0) is 12.1 Å². The molecule has 0 amide bonds. The molecule has 0 unspecified atom stereocenters. The SMILES string of the molecule is O=C(O)/C=C(/Cl)c1cc(F)c(Cl)cc1Cl. The van der Waals surface area contributed by atoms with Gasteiger partial charge in [-0.25, -0.2) is 9.18 Å². The van der Waals surface area contributed by atoms with Crippen LogP contribution in [0.25, 0.3) is 5.03 Å². The van der Waals surface area contributed by atoms with Gasteiger partial charge in [0, 0.05) is 11.6 Å². The third-order valence-electron chi connectivity index (χ3n) is 1.52. The number of rotatable bonds is 2. The van der Waals surface area contributed by atoms with Crippen LogP contribution in [0.1, 0.15) is 5.56 Å². The molecule has 0 aliphatic carbocycles. The second-order valence-corrected chi connectivity index (χ2v) is 3.80. The summed E-state index contributed by atoms with van der Waals surface area (Å²) >= 11 is 16.8. The molecule has 0 fully saturated rings. The van der Waals surface area contributed by atoms with E-state index < -0.39 is 11.8 Å². The van der Waals surface area contributed by atoms with E-state index in [4.69, 9.17) is 39.9 Å². The van der Waals surface area contributed by atoms with E-state index in [2.05, 4.69) is 0 Å². The maximum Gasteiger partial charge on any atom is 0.329 e. The van der Waals surface area contributed by atoms with E-state index in [0.29, 0.717) is 0 Å². The summed E-state index contributed by atoms with van der Waals surface area (Å²) in [7, 11) is 0. The van der Waals surface area contributed by atoms with Crippen LogP contribution in [-0.4, -0.2) is 11.1 Å². The topological polar surface area (TPSA) is 37.3 Å². The molecule has 0 aliphatic heterocycles. The summed E-state index contributed by atoms with van der Waals surface area (Å²) in [5, 5.41) is 8.21. The largest absolute Gasteiger partial charge is 0.478 e. The van der Waals surface area contributed by atoms with Crippen molar-refractivity contribution in [3.05, 3.63) is 39.6 Å². The Kier molecular flexibility index (Phi) is 3.97. The fourth-order valence-electron chi connectivity index (χ4n) is 0.892. The van der Waals surface area contributed by atoms with E-state index in [-0.39, 0.29) is 20.6 Å². The molecular weight excluding hydrogens is 265 g/mol. The maximum absolute atomic E-state index is 13.0. The van der Waals surface area contributed by atoms with Gasteiger partial charge in [-0.15, -0.1) is 0 Å². The average molecular weight is 269 g/mol. The molecule has 0 aliphatic rings. The third kappa shape index (κ3) is 3.09. The van der Waals surface area contributed by atoms with Crippen LogP contribution in [-0.2, 0) is 4.79 Å². The van der Waals surface area contributed by atoms with Crippen LogP contribution in [0.2, 0.25) is 10.0 Å². The zero-order valence-corrected chi connectivity index (χ0v) is 9.37. The number of halogens is 4. The first-order valence-electron chi connectivity index (χ1n) is 3.67. The van der Waals surface area contributed by atoms with Crippen LogP contribution in [0, 0.1) is 5.82 Å². The molecule has 0 saturated carbocycles. The normalized spacial score (nSPS) is 11.6.